The number of hydrogen-bond donors (Lipinski definition) is 3. The summed E-state index contributed by atoms with van der Waals surface area (Å²) in [6.45, 7) is 1.75. The highest BCUT2D eigenvalue weighted by Gasteiger charge is 2.18. The van der Waals surface area contributed by atoms with Crippen LogP contribution in [0.15, 0.2) is 54.6 Å². The Labute approximate surface area is 156 Å². The van der Waals surface area contributed by atoms with Gasteiger partial charge in [0, 0.05) is 6.54 Å². The highest BCUT2D eigenvalue weighted by molar-refractivity contribution is 6.33. The van der Waals surface area contributed by atoms with Crippen LogP contribution in [0, 0.1) is 0 Å². The second kappa shape index (κ2) is 9.58. The summed E-state index contributed by atoms with van der Waals surface area (Å²) in [7, 11) is 0. The van der Waals surface area contributed by atoms with Gasteiger partial charge in [0.05, 0.1) is 17.1 Å². The standard InChI is InChI=1S/C19H20ClN3O3/c1-13(23-19(26)15-9-5-6-10-16(15)20)18(25)22-12-17(24)21-11-14-7-3-2-4-8-14/h2-10,13H,11-12H2,1H3,(H,21,24)(H,22,25)(H,23,26). The molecule has 0 aromatic heterocycles. The quantitative estimate of drug-likeness (QED) is 0.692. The minimum Gasteiger partial charge on any atom is -0.350 e. The Morgan fingerprint density at radius 1 is 0.962 bits per heavy atom. The van der Waals surface area contributed by atoms with E-state index < -0.39 is 17.9 Å². The first-order valence-corrected chi connectivity index (χ1v) is 8.49. The molecule has 0 saturated carbocycles. The first kappa shape index (κ1) is 19.5. The first-order valence-electron chi connectivity index (χ1n) is 8.11. The van der Waals surface area contributed by atoms with Gasteiger partial charge in [0.2, 0.25) is 11.8 Å². The molecule has 2 rings (SSSR count). The molecule has 1 atom stereocenters. The van der Waals surface area contributed by atoms with E-state index in [0.29, 0.717) is 11.6 Å². The fourth-order valence-electron chi connectivity index (χ4n) is 2.16. The van der Waals surface area contributed by atoms with Crippen molar-refractivity contribution in [2.75, 3.05) is 6.54 Å². The van der Waals surface area contributed by atoms with Gasteiger partial charge in [-0.05, 0) is 24.6 Å². The molecule has 0 spiro atoms. The van der Waals surface area contributed by atoms with Crippen LogP contribution in [-0.4, -0.2) is 30.3 Å². The largest absolute Gasteiger partial charge is 0.350 e. The summed E-state index contributed by atoms with van der Waals surface area (Å²) in [4.78, 5) is 36.0. The van der Waals surface area contributed by atoms with Crippen LogP contribution in [0.5, 0.6) is 0 Å². The van der Waals surface area contributed by atoms with Gasteiger partial charge < -0.3 is 16.0 Å². The van der Waals surface area contributed by atoms with Crippen molar-refractivity contribution in [2.45, 2.75) is 19.5 Å². The summed E-state index contributed by atoms with van der Waals surface area (Å²) in [6, 6.07) is 15.2. The van der Waals surface area contributed by atoms with Crippen LogP contribution in [0.3, 0.4) is 0 Å². The number of benzene rings is 2. The molecule has 2 aromatic carbocycles. The number of hydrogen-bond acceptors (Lipinski definition) is 3. The molecule has 0 fully saturated rings. The van der Waals surface area contributed by atoms with Crippen molar-refractivity contribution in [3.05, 3.63) is 70.7 Å². The highest BCUT2D eigenvalue weighted by Crippen LogP contribution is 2.14. The summed E-state index contributed by atoms with van der Waals surface area (Å²) in [5, 5.41) is 8.05. The molecule has 6 nitrogen and oxygen atoms in total. The summed E-state index contributed by atoms with van der Waals surface area (Å²) < 4.78 is 0. The topological polar surface area (TPSA) is 87.3 Å². The number of amides is 3. The third kappa shape index (κ3) is 5.89. The summed E-state index contributed by atoms with van der Waals surface area (Å²) in [6.07, 6.45) is 0. The monoisotopic (exact) mass is 373 g/mol. The van der Waals surface area contributed by atoms with E-state index in [9.17, 15) is 14.4 Å². The minimum absolute atomic E-state index is 0.169. The van der Waals surface area contributed by atoms with E-state index in [4.69, 9.17) is 11.6 Å². The zero-order valence-corrected chi connectivity index (χ0v) is 15.0. The number of halogens is 1. The van der Waals surface area contributed by atoms with Crippen molar-refractivity contribution < 1.29 is 14.4 Å². The Hall–Kier alpha value is -2.86. The van der Waals surface area contributed by atoms with Gasteiger partial charge in [0.25, 0.3) is 5.91 Å². The van der Waals surface area contributed by atoms with Crippen molar-refractivity contribution in [1.82, 2.24) is 16.0 Å². The van der Waals surface area contributed by atoms with E-state index in [1.165, 1.54) is 6.92 Å². The van der Waals surface area contributed by atoms with Gasteiger partial charge in [-0.3, -0.25) is 14.4 Å². The highest BCUT2D eigenvalue weighted by atomic mass is 35.5. The smallest absolute Gasteiger partial charge is 0.253 e. The van der Waals surface area contributed by atoms with E-state index in [0.717, 1.165) is 5.56 Å². The lowest BCUT2D eigenvalue weighted by atomic mass is 10.2. The van der Waals surface area contributed by atoms with E-state index in [-0.39, 0.29) is 18.0 Å². The third-order valence-electron chi connectivity index (χ3n) is 3.62. The second-order valence-corrected chi connectivity index (χ2v) is 6.06. The molecule has 136 valence electrons. The van der Waals surface area contributed by atoms with Crippen molar-refractivity contribution in [1.29, 1.82) is 0 Å². The lowest BCUT2D eigenvalue weighted by Gasteiger charge is -2.14. The van der Waals surface area contributed by atoms with Crippen LogP contribution in [0.4, 0.5) is 0 Å². The molecule has 0 saturated heterocycles. The molecule has 0 aliphatic heterocycles. The van der Waals surface area contributed by atoms with Crippen LogP contribution in [0.25, 0.3) is 0 Å². The Morgan fingerprint density at radius 2 is 1.62 bits per heavy atom. The average molecular weight is 374 g/mol. The van der Waals surface area contributed by atoms with E-state index in [1.807, 2.05) is 30.3 Å². The van der Waals surface area contributed by atoms with Gasteiger partial charge in [-0.1, -0.05) is 54.1 Å². The van der Waals surface area contributed by atoms with E-state index in [2.05, 4.69) is 16.0 Å². The second-order valence-electron chi connectivity index (χ2n) is 5.66. The number of rotatable bonds is 7. The molecule has 3 N–H and O–H groups in total. The summed E-state index contributed by atoms with van der Waals surface area (Å²) in [5.74, 6) is -1.22. The summed E-state index contributed by atoms with van der Waals surface area (Å²) >= 11 is 5.96. The van der Waals surface area contributed by atoms with E-state index >= 15 is 0 Å². The fourth-order valence-corrected chi connectivity index (χ4v) is 2.39. The Balaban J connectivity index is 1.75. The molecule has 26 heavy (non-hydrogen) atoms. The zero-order chi connectivity index (χ0) is 18.9. The van der Waals surface area contributed by atoms with Crippen LogP contribution >= 0.6 is 11.6 Å². The maximum atomic E-state index is 12.1. The Bertz CT molecular complexity index is 781. The van der Waals surface area contributed by atoms with Crippen molar-refractivity contribution >= 4 is 29.3 Å². The van der Waals surface area contributed by atoms with Crippen molar-refractivity contribution in [2.24, 2.45) is 0 Å². The molecule has 0 bridgehead atoms. The van der Waals surface area contributed by atoms with Crippen LogP contribution in [0.2, 0.25) is 5.02 Å². The van der Waals surface area contributed by atoms with Gasteiger partial charge in [-0.2, -0.15) is 0 Å². The average Bonchev–Trinajstić information content (AvgIpc) is 2.65. The molecule has 0 aliphatic carbocycles. The molecule has 0 radical (unpaired) electrons. The Kier molecular flexibility index (Phi) is 7.17. The zero-order valence-electron chi connectivity index (χ0n) is 14.3. The lowest BCUT2D eigenvalue weighted by Crippen LogP contribution is -2.47. The van der Waals surface area contributed by atoms with Gasteiger partial charge >= 0.3 is 0 Å². The van der Waals surface area contributed by atoms with Crippen LogP contribution < -0.4 is 16.0 Å². The van der Waals surface area contributed by atoms with Crippen molar-refractivity contribution in [3.63, 3.8) is 0 Å². The van der Waals surface area contributed by atoms with Crippen molar-refractivity contribution in [3.8, 4) is 0 Å². The molecule has 2 aromatic rings. The van der Waals surface area contributed by atoms with Gasteiger partial charge in [0.1, 0.15) is 6.04 Å². The molecule has 3 amide bonds. The minimum atomic E-state index is -0.805. The third-order valence-corrected chi connectivity index (χ3v) is 3.94. The normalized spacial score (nSPS) is 11.3. The molecular weight excluding hydrogens is 354 g/mol. The van der Waals surface area contributed by atoms with Crippen LogP contribution in [-0.2, 0) is 16.1 Å². The number of nitrogens with one attached hydrogen (secondary N) is 3. The SMILES string of the molecule is CC(NC(=O)c1ccccc1Cl)C(=O)NCC(=O)NCc1ccccc1. The lowest BCUT2D eigenvalue weighted by molar-refractivity contribution is -0.127. The Morgan fingerprint density at radius 3 is 2.31 bits per heavy atom. The maximum absolute atomic E-state index is 12.1. The molecule has 0 heterocycles. The maximum Gasteiger partial charge on any atom is 0.253 e. The predicted octanol–water partition coefficient (Wildman–Crippen LogP) is 1.89. The predicted molar refractivity (Wildman–Crippen MR) is 99.7 cm³/mol. The van der Waals surface area contributed by atoms with Gasteiger partial charge in [-0.25, -0.2) is 0 Å². The molecule has 7 heteroatoms. The van der Waals surface area contributed by atoms with Crippen LogP contribution in [0.1, 0.15) is 22.8 Å². The number of carbonyl (C=O) groups excluding carboxylic acids is 3. The first-order chi connectivity index (χ1) is 12.5. The summed E-state index contributed by atoms with van der Waals surface area (Å²) in [5.41, 5.74) is 1.25. The number of carbonyl (C=O) groups is 3. The molecule has 0 aliphatic rings. The molecular formula is C19H20ClN3O3. The van der Waals surface area contributed by atoms with E-state index in [1.54, 1.807) is 24.3 Å². The van der Waals surface area contributed by atoms with Gasteiger partial charge in [0.15, 0.2) is 0 Å². The van der Waals surface area contributed by atoms with Gasteiger partial charge in [-0.15, -0.1) is 0 Å². The molecule has 1 unspecified atom stereocenters. The fraction of sp³-hybridized carbons (Fsp3) is 0.211.